The Morgan fingerprint density at radius 3 is 1.56 bits per heavy atom. The van der Waals surface area contributed by atoms with E-state index in [0.717, 1.165) is 17.1 Å². The average Bonchev–Trinajstić information content (AvgIpc) is 3.60. The fraction of sp³-hybridized carbons (Fsp3) is 0. The van der Waals surface area contributed by atoms with Gasteiger partial charge in [-0.1, -0.05) is 164 Å². The Balaban J connectivity index is 1.19. The van der Waals surface area contributed by atoms with E-state index >= 15 is 0 Å². The van der Waals surface area contributed by atoms with Crippen molar-refractivity contribution < 1.29 is 0 Å². The summed E-state index contributed by atoms with van der Waals surface area (Å²) in [4.78, 5) is 3.67. The molecule has 9 aromatic carbocycles. The standard InChI is InChI=1S/C50H33NS/c1-3-19-37(20-4-1)51(38-21-5-2-6-22-38)47-32-31-41(42-25-11-12-26-43(42)47)36-29-30-46-48(33-36)52-50(45-28-14-18-35-16-8-10-24-40(35)45)49(46)44-27-13-17-34-15-7-9-23-39(34)44/h1-33H. The van der Waals surface area contributed by atoms with Crippen LogP contribution in [0.15, 0.2) is 200 Å². The van der Waals surface area contributed by atoms with Gasteiger partial charge >= 0.3 is 0 Å². The van der Waals surface area contributed by atoms with Crippen molar-refractivity contribution in [1.82, 2.24) is 0 Å². The summed E-state index contributed by atoms with van der Waals surface area (Å²) in [5, 5.41) is 8.80. The summed E-state index contributed by atoms with van der Waals surface area (Å²) in [6.45, 7) is 0. The molecular weight excluding hydrogens is 647 g/mol. The summed E-state index contributed by atoms with van der Waals surface area (Å²) in [5.74, 6) is 0. The molecular formula is C50H33NS. The van der Waals surface area contributed by atoms with Crippen LogP contribution < -0.4 is 4.90 Å². The molecule has 0 N–H and O–H groups in total. The van der Waals surface area contributed by atoms with E-state index in [9.17, 15) is 0 Å². The van der Waals surface area contributed by atoms with Gasteiger partial charge in [-0.3, -0.25) is 0 Å². The molecule has 0 amide bonds. The van der Waals surface area contributed by atoms with Gasteiger partial charge in [0.1, 0.15) is 0 Å². The summed E-state index contributed by atoms with van der Waals surface area (Å²) >= 11 is 1.90. The summed E-state index contributed by atoms with van der Waals surface area (Å²) in [5.41, 5.74) is 9.73. The first-order chi connectivity index (χ1) is 25.8. The third-order valence-electron chi connectivity index (χ3n) is 10.3. The normalized spacial score (nSPS) is 11.5. The van der Waals surface area contributed by atoms with Crippen molar-refractivity contribution in [3.63, 3.8) is 0 Å². The SMILES string of the molecule is c1ccc(N(c2ccccc2)c2ccc(-c3ccc4c(-c5cccc6ccccc56)c(-c5cccc6ccccc56)sc4c3)c3ccccc23)cc1. The number of nitrogens with zero attached hydrogens (tertiary/aromatic N) is 1. The maximum Gasteiger partial charge on any atom is 0.0540 e. The summed E-state index contributed by atoms with van der Waals surface area (Å²) in [7, 11) is 0. The highest BCUT2D eigenvalue weighted by Crippen LogP contribution is 2.50. The number of para-hydroxylation sites is 2. The second-order valence-corrected chi connectivity index (χ2v) is 14.3. The van der Waals surface area contributed by atoms with E-state index in [1.807, 2.05) is 11.3 Å². The molecule has 1 nitrogen and oxygen atoms in total. The van der Waals surface area contributed by atoms with Crippen LogP contribution in [0.1, 0.15) is 0 Å². The number of hydrogen-bond acceptors (Lipinski definition) is 2. The van der Waals surface area contributed by atoms with Gasteiger partial charge in [0, 0.05) is 42.9 Å². The molecule has 0 bridgehead atoms. The van der Waals surface area contributed by atoms with Crippen molar-refractivity contribution in [2.75, 3.05) is 4.90 Å². The average molecular weight is 680 g/mol. The van der Waals surface area contributed by atoms with Gasteiger partial charge in [0.15, 0.2) is 0 Å². The summed E-state index contributed by atoms with van der Waals surface area (Å²) in [6.07, 6.45) is 0. The van der Waals surface area contributed by atoms with Crippen molar-refractivity contribution in [2.24, 2.45) is 0 Å². The van der Waals surface area contributed by atoms with E-state index < -0.39 is 0 Å². The second kappa shape index (κ2) is 12.7. The fourth-order valence-electron chi connectivity index (χ4n) is 7.90. The summed E-state index contributed by atoms with van der Waals surface area (Å²) in [6, 6.07) is 72.8. The largest absolute Gasteiger partial charge is 0.310 e. The first kappa shape index (κ1) is 30.4. The minimum atomic E-state index is 1.13. The minimum Gasteiger partial charge on any atom is -0.310 e. The molecule has 52 heavy (non-hydrogen) atoms. The van der Waals surface area contributed by atoms with Gasteiger partial charge in [0.05, 0.1) is 5.69 Å². The van der Waals surface area contributed by atoms with E-state index in [-0.39, 0.29) is 0 Å². The van der Waals surface area contributed by atoms with Crippen LogP contribution in [0, 0.1) is 0 Å². The monoisotopic (exact) mass is 679 g/mol. The van der Waals surface area contributed by atoms with Crippen LogP contribution in [0.3, 0.4) is 0 Å². The van der Waals surface area contributed by atoms with Crippen LogP contribution in [-0.4, -0.2) is 0 Å². The highest BCUT2D eigenvalue weighted by atomic mass is 32.1. The number of hydrogen-bond donors (Lipinski definition) is 0. The lowest BCUT2D eigenvalue weighted by Crippen LogP contribution is -2.10. The number of thiophene rings is 1. The van der Waals surface area contributed by atoms with E-state index in [1.54, 1.807) is 0 Å². The lowest BCUT2D eigenvalue weighted by molar-refractivity contribution is 1.30. The minimum absolute atomic E-state index is 1.13. The van der Waals surface area contributed by atoms with Gasteiger partial charge < -0.3 is 4.90 Å². The molecule has 1 aromatic heterocycles. The Morgan fingerprint density at radius 1 is 0.346 bits per heavy atom. The molecule has 0 atom stereocenters. The molecule has 0 aliphatic carbocycles. The maximum atomic E-state index is 2.41. The van der Waals surface area contributed by atoms with Gasteiger partial charge in [0.25, 0.3) is 0 Å². The molecule has 10 aromatic rings. The van der Waals surface area contributed by atoms with Crippen molar-refractivity contribution in [3.05, 3.63) is 200 Å². The number of rotatable bonds is 6. The first-order valence-electron chi connectivity index (χ1n) is 17.8. The Kier molecular flexibility index (Phi) is 7.41. The van der Waals surface area contributed by atoms with Gasteiger partial charge in [-0.2, -0.15) is 0 Å². The second-order valence-electron chi connectivity index (χ2n) is 13.3. The molecule has 10 rings (SSSR count). The van der Waals surface area contributed by atoms with Crippen LogP contribution in [0.5, 0.6) is 0 Å². The molecule has 0 unspecified atom stereocenters. The zero-order valence-electron chi connectivity index (χ0n) is 28.4. The summed E-state index contributed by atoms with van der Waals surface area (Å²) < 4.78 is 1.28. The Morgan fingerprint density at radius 2 is 0.885 bits per heavy atom. The van der Waals surface area contributed by atoms with Gasteiger partial charge in [-0.05, 0) is 80.0 Å². The van der Waals surface area contributed by atoms with E-state index in [0.29, 0.717) is 0 Å². The van der Waals surface area contributed by atoms with Crippen LogP contribution in [-0.2, 0) is 0 Å². The Hall–Kier alpha value is -6.48. The predicted octanol–water partition coefficient (Wildman–Crippen LogP) is 14.8. The predicted molar refractivity (Wildman–Crippen MR) is 225 cm³/mol. The molecule has 0 saturated carbocycles. The lowest BCUT2D eigenvalue weighted by Gasteiger charge is -2.27. The highest BCUT2D eigenvalue weighted by Gasteiger charge is 2.21. The molecule has 1 heterocycles. The van der Waals surface area contributed by atoms with Gasteiger partial charge in [-0.25, -0.2) is 0 Å². The van der Waals surface area contributed by atoms with Crippen LogP contribution >= 0.6 is 11.3 Å². The molecule has 0 spiro atoms. The lowest BCUT2D eigenvalue weighted by atomic mass is 9.91. The smallest absolute Gasteiger partial charge is 0.0540 e. The molecule has 0 aliphatic rings. The molecule has 244 valence electrons. The third kappa shape index (κ3) is 5.07. The molecule has 2 heteroatoms. The van der Waals surface area contributed by atoms with Crippen LogP contribution in [0.4, 0.5) is 17.1 Å². The third-order valence-corrected chi connectivity index (χ3v) is 11.5. The number of benzene rings is 9. The van der Waals surface area contributed by atoms with Crippen molar-refractivity contribution in [1.29, 1.82) is 0 Å². The highest BCUT2D eigenvalue weighted by molar-refractivity contribution is 7.23. The van der Waals surface area contributed by atoms with Gasteiger partial charge in [0.2, 0.25) is 0 Å². The maximum absolute atomic E-state index is 2.41. The molecule has 0 aliphatic heterocycles. The molecule has 0 saturated heterocycles. The molecule has 0 radical (unpaired) electrons. The van der Waals surface area contributed by atoms with Crippen LogP contribution in [0.2, 0.25) is 0 Å². The first-order valence-corrected chi connectivity index (χ1v) is 18.6. The van der Waals surface area contributed by atoms with E-state index in [1.165, 1.54) is 75.1 Å². The van der Waals surface area contributed by atoms with Crippen molar-refractivity contribution in [2.45, 2.75) is 0 Å². The number of fused-ring (bicyclic) bond motifs is 4. The number of anilines is 3. The Bertz CT molecular complexity index is 2860. The van der Waals surface area contributed by atoms with Crippen molar-refractivity contribution in [3.8, 4) is 32.7 Å². The van der Waals surface area contributed by atoms with Gasteiger partial charge in [-0.15, -0.1) is 11.3 Å². The Labute approximate surface area is 307 Å². The topological polar surface area (TPSA) is 3.24 Å². The van der Waals surface area contributed by atoms with E-state index in [2.05, 4.69) is 205 Å². The van der Waals surface area contributed by atoms with Crippen molar-refractivity contribution >= 4 is 70.8 Å². The quantitative estimate of drug-likeness (QED) is 0.169. The molecule has 0 fully saturated rings. The van der Waals surface area contributed by atoms with E-state index in [4.69, 9.17) is 0 Å². The fourth-order valence-corrected chi connectivity index (χ4v) is 9.20. The zero-order valence-corrected chi connectivity index (χ0v) is 29.2. The zero-order chi connectivity index (χ0) is 34.4. The van der Waals surface area contributed by atoms with Crippen LogP contribution in [0.25, 0.3) is 75.1 Å².